The molecule has 0 aromatic heterocycles. The van der Waals surface area contributed by atoms with Crippen molar-refractivity contribution in [2.24, 2.45) is 0 Å². The van der Waals surface area contributed by atoms with Crippen molar-refractivity contribution in [1.82, 2.24) is 15.1 Å². The standard InChI is InChI=1S/C20H33N3/c1-4-19-14-21-9-12-23(19)20-7-10-22(11-8-20)15-18-6-5-16(2)13-17(18)3/h5-6,13,19-21H,4,7-12,14-15H2,1-3H3. The third kappa shape index (κ3) is 4.14. The summed E-state index contributed by atoms with van der Waals surface area (Å²) >= 11 is 0. The summed E-state index contributed by atoms with van der Waals surface area (Å²) in [5, 5.41) is 3.55. The van der Waals surface area contributed by atoms with Crippen LogP contribution < -0.4 is 5.32 Å². The molecule has 2 heterocycles. The maximum atomic E-state index is 3.55. The van der Waals surface area contributed by atoms with Crippen LogP contribution in [0.5, 0.6) is 0 Å². The van der Waals surface area contributed by atoms with E-state index in [9.17, 15) is 0 Å². The summed E-state index contributed by atoms with van der Waals surface area (Å²) in [4.78, 5) is 5.45. The quantitative estimate of drug-likeness (QED) is 0.921. The maximum Gasteiger partial charge on any atom is 0.0236 e. The van der Waals surface area contributed by atoms with Gasteiger partial charge in [-0.25, -0.2) is 0 Å². The first-order valence-electron chi connectivity index (χ1n) is 9.42. The Kier molecular flexibility index (Phi) is 5.73. The van der Waals surface area contributed by atoms with Crippen LogP contribution in [0.25, 0.3) is 0 Å². The number of rotatable bonds is 4. The molecule has 0 spiro atoms. The van der Waals surface area contributed by atoms with Crippen LogP contribution in [0.1, 0.15) is 42.9 Å². The zero-order valence-electron chi connectivity index (χ0n) is 15.1. The van der Waals surface area contributed by atoms with Crippen molar-refractivity contribution in [1.29, 1.82) is 0 Å². The van der Waals surface area contributed by atoms with E-state index in [2.05, 4.69) is 54.1 Å². The van der Waals surface area contributed by atoms with Gasteiger partial charge in [-0.05, 0) is 57.3 Å². The molecule has 1 aromatic carbocycles. The van der Waals surface area contributed by atoms with E-state index in [1.807, 2.05) is 0 Å². The van der Waals surface area contributed by atoms with E-state index in [4.69, 9.17) is 0 Å². The van der Waals surface area contributed by atoms with Gasteiger partial charge in [0.1, 0.15) is 0 Å². The summed E-state index contributed by atoms with van der Waals surface area (Å²) < 4.78 is 0. The van der Waals surface area contributed by atoms with E-state index in [0.29, 0.717) is 0 Å². The Balaban J connectivity index is 1.53. The highest BCUT2D eigenvalue weighted by atomic mass is 15.3. The van der Waals surface area contributed by atoms with E-state index in [1.54, 1.807) is 0 Å². The fourth-order valence-electron chi connectivity index (χ4n) is 4.31. The monoisotopic (exact) mass is 315 g/mol. The summed E-state index contributed by atoms with van der Waals surface area (Å²) in [6.45, 7) is 14.0. The van der Waals surface area contributed by atoms with Gasteiger partial charge in [0, 0.05) is 38.3 Å². The maximum absolute atomic E-state index is 3.55. The highest BCUT2D eigenvalue weighted by Gasteiger charge is 2.30. The summed E-state index contributed by atoms with van der Waals surface area (Å²) in [5.41, 5.74) is 4.32. The van der Waals surface area contributed by atoms with Crippen LogP contribution in [0, 0.1) is 13.8 Å². The smallest absolute Gasteiger partial charge is 0.0236 e. The number of nitrogens with one attached hydrogen (secondary N) is 1. The fourth-order valence-corrected chi connectivity index (χ4v) is 4.31. The zero-order valence-corrected chi connectivity index (χ0v) is 15.1. The molecule has 0 bridgehead atoms. The molecule has 1 atom stereocenters. The van der Waals surface area contributed by atoms with E-state index >= 15 is 0 Å². The lowest BCUT2D eigenvalue weighted by Gasteiger charge is -2.44. The predicted octanol–water partition coefficient (Wildman–Crippen LogP) is 2.95. The van der Waals surface area contributed by atoms with Crippen molar-refractivity contribution >= 4 is 0 Å². The van der Waals surface area contributed by atoms with Crippen molar-refractivity contribution < 1.29 is 0 Å². The lowest BCUT2D eigenvalue weighted by Crippen LogP contribution is -2.57. The van der Waals surface area contributed by atoms with Crippen LogP contribution >= 0.6 is 0 Å². The average molecular weight is 316 g/mol. The van der Waals surface area contributed by atoms with E-state index in [1.165, 1.54) is 68.7 Å². The number of likely N-dealkylation sites (tertiary alicyclic amines) is 1. The molecule has 3 heteroatoms. The molecule has 1 unspecified atom stereocenters. The van der Waals surface area contributed by atoms with E-state index in [0.717, 1.165) is 18.6 Å². The second-order valence-corrected chi connectivity index (χ2v) is 7.44. The molecule has 128 valence electrons. The molecule has 0 aliphatic carbocycles. The van der Waals surface area contributed by atoms with Gasteiger partial charge in [0.15, 0.2) is 0 Å². The van der Waals surface area contributed by atoms with Gasteiger partial charge in [-0.15, -0.1) is 0 Å². The minimum atomic E-state index is 0.750. The first kappa shape index (κ1) is 16.9. The van der Waals surface area contributed by atoms with Crippen molar-refractivity contribution in [2.75, 3.05) is 32.7 Å². The molecule has 1 aromatic rings. The van der Waals surface area contributed by atoms with Gasteiger partial charge in [0.05, 0.1) is 0 Å². The minimum absolute atomic E-state index is 0.750. The third-order valence-corrected chi connectivity index (χ3v) is 5.79. The van der Waals surface area contributed by atoms with Gasteiger partial charge < -0.3 is 5.32 Å². The summed E-state index contributed by atoms with van der Waals surface area (Å²) in [6, 6.07) is 8.44. The molecular weight excluding hydrogens is 282 g/mol. The number of benzene rings is 1. The minimum Gasteiger partial charge on any atom is -0.314 e. The molecule has 2 fully saturated rings. The molecule has 0 saturated carbocycles. The second kappa shape index (κ2) is 7.78. The van der Waals surface area contributed by atoms with Crippen LogP contribution in [0.15, 0.2) is 18.2 Å². The Morgan fingerprint density at radius 1 is 1.13 bits per heavy atom. The Labute approximate surface area is 142 Å². The van der Waals surface area contributed by atoms with Crippen molar-refractivity contribution in [3.63, 3.8) is 0 Å². The number of hydrogen-bond acceptors (Lipinski definition) is 3. The molecule has 3 nitrogen and oxygen atoms in total. The van der Waals surface area contributed by atoms with Crippen LogP contribution in [-0.4, -0.2) is 54.6 Å². The number of hydrogen-bond donors (Lipinski definition) is 1. The first-order valence-corrected chi connectivity index (χ1v) is 9.42. The fraction of sp³-hybridized carbons (Fsp3) is 0.700. The van der Waals surface area contributed by atoms with Crippen molar-refractivity contribution in [3.05, 3.63) is 34.9 Å². The van der Waals surface area contributed by atoms with Crippen LogP contribution in [-0.2, 0) is 6.54 Å². The average Bonchev–Trinajstić information content (AvgIpc) is 2.58. The second-order valence-electron chi connectivity index (χ2n) is 7.44. The van der Waals surface area contributed by atoms with E-state index in [-0.39, 0.29) is 0 Å². The van der Waals surface area contributed by atoms with Gasteiger partial charge in [0.2, 0.25) is 0 Å². The Morgan fingerprint density at radius 3 is 2.61 bits per heavy atom. The van der Waals surface area contributed by atoms with Crippen LogP contribution in [0.2, 0.25) is 0 Å². The van der Waals surface area contributed by atoms with Gasteiger partial charge in [-0.3, -0.25) is 9.80 Å². The number of piperidine rings is 1. The third-order valence-electron chi connectivity index (χ3n) is 5.79. The van der Waals surface area contributed by atoms with Crippen molar-refractivity contribution in [3.8, 4) is 0 Å². The van der Waals surface area contributed by atoms with Crippen LogP contribution in [0.3, 0.4) is 0 Å². The number of aryl methyl sites for hydroxylation is 2. The summed E-state index contributed by atoms with van der Waals surface area (Å²) in [5.74, 6) is 0. The molecular formula is C20H33N3. The number of nitrogens with zero attached hydrogens (tertiary/aromatic N) is 2. The molecule has 23 heavy (non-hydrogen) atoms. The summed E-state index contributed by atoms with van der Waals surface area (Å²) in [6.07, 6.45) is 3.94. The SMILES string of the molecule is CCC1CNCCN1C1CCN(Cc2ccc(C)cc2C)CC1. The number of piperazine rings is 1. The van der Waals surface area contributed by atoms with Gasteiger partial charge in [0.25, 0.3) is 0 Å². The molecule has 0 radical (unpaired) electrons. The Hall–Kier alpha value is -0.900. The van der Waals surface area contributed by atoms with Gasteiger partial charge in [-0.1, -0.05) is 30.7 Å². The Morgan fingerprint density at radius 2 is 1.91 bits per heavy atom. The predicted molar refractivity (Wildman–Crippen MR) is 97.9 cm³/mol. The first-order chi connectivity index (χ1) is 11.2. The van der Waals surface area contributed by atoms with Crippen LogP contribution in [0.4, 0.5) is 0 Å². The highest BCUT2D eigenvalue weighted by Crippen LogP contribution is 2.23. The van der Waals surface area contributed by atoms with Crippen molar-refractivity contribution in [2.45, 2.75) is 58.7 Å². The summed E-state index contributed by atoms with van der Waals surface area (Å²) in [7, 11) is 0. The topological polar surface area (TPSA) is 18.5 Å². The molecule has 2 saturated heterocycles. The lowest BCUT2D eigenvalue weighted by atomic mass is 9.98. The lowest BCUT2D eigenvalue weighted by molar-refractivity contribution is 0.0543. The molecule has 3 rings (SSSR count). The van der Waals surface area contributed by atoms with Gasteiger partial charge >= 0.3 is 0 Å². The molecule has 2 aliphatic heterocycles. The van der Waals surface area contributed by atoms with E-state index < -0.39 is 0 Å². The van der Waals surface area contributed by atoms with Gasteiger partial charge in [-0.2, -0.15) is 0 Å². The highest BCUT2D eigenvalue weighted by molar-refractivity contribution is 5.30. The molecule has 2 aliphatic rings. The largest absolute Gasteiger partial charge is 0.314 e. The zero-order chi connectivity index (χ0) is 16.2. The molecule has 0 amide bonds. The normalized spacial score (nSPS) is 24.9. The Bertz CT molecular complexity index is 506. The molecule has 1 N–H and O–H groups in total.